The van der Waals surface area contributed by atoms with E-state index in [1.54, 1.807) is 0 Å². The first kappa shape index (κ1) is 14.4. The van der Waals surface area contributed by atoms with Gasteiger partial charge in [0.05, 0.1) is 18.6 Å². The number of aliphatic carboxylic acids is 1. The maximum absolute atomic E-state index is 13.1. The number of amides is 1. The lowest BCUT2D eigenvalue weighted by atomic mass is 9.93. The minimum absolute atomic E-state index is 0.0584. The van der Waals surface area contributed by atoms with Crippen LogP contribution in [0.2, 0.25) is 0 Å². The molecule has 2 N–H and O–H groups in total. The van der Waals surface area contributed by atoms with Crippen LogP contribution in [0, 0.1) is 11.6 Å². The molecule has 1 atom stereocenters. The molecule has 0 bridgehead atoms. The third-order valence-corrected chi connectivity index (χ3v) is 3.10. The number of carbonyl (C=O) groups is 2. The molecular weight excluding hydrogens is 272 g/mol. The second kappa shape index (κ2) is 5.54. The van der Waals surface area contributed by atoms with Gasteiger partial charge in [-0.05, 0) is 18.6 Å². The maximum Gasteiger partial charge on any atom is 0.305 e. The summed E-state index contributed by atoms with van der Waals surface area (Å²) in [4.78, 5) is 22.9. The molecule has 108 valence electrons. The third kappa shape index (κ3) is 3.30. The van der Waals surface area contributed by atoms with Crippen LogP contribution in [0.25, 0.3) is 0 Å². The van der Waals surface area contributed by atoms with Crippen molar-refractivity contribution in [1.29, 1.82) is 0 Å². The number of hydrogen-bond donors (Lipinski definition) is 2. The van der Waals surface area contributed by atoms with Gasteiger partial charge in [-0.2, -0.15) is 0 Å². The number of rotatable bonds is 4. The predicted octanol–water partition coefficient (Wildman–Crippen LogP) is 1.33. The molecule has 1 fully saturated rings. The van der Waals surface area contributed by atoms with E-state index >= 15 is 0 Å². The number of carboxylic acids is 1. The average molecular weight is 285 g/mol. The van der Waals surface area contributed by atoms with Crippen molar-refractivity contribution >= 4 is 11.9 Å². The summed E-state index contributed by atoms with van der Waals surface area (Å²) >= 11 is 0. The molecule has 1 heterocycles. The second-order valence-corrected chi connectivity index (χ2v) is 4.77. The summed E-state index contributed by atoms with van der Waals surface area (Å²) in [6.45, 7) is 0.383. The van der Waals surface area contributed by atoms with Gasteiger partial charge in [-0.1, -0.05) is 0 Å². The normalized spacial score (nSPS) is 21.7. The number of nitrogens with one attached hydrogen (secondary N) is 1. The number of carboxylic acid groups (broad SMARTS) is 1. The first-order valence-electron chi connectivity index (χ1n) is 5.98. The fraction of sp³-hybridized carbons (Fsp3) is 0.385. The van der Waals surface area contributed by atoms with E-state index in [2.05, 4.69) is 5.32 Å². The van der Waals surface area contributed by atoms with Crippen molar-refractivity contribution in [2.75, 3.05) is 13.2 Å². The van der Waals surface area contributed by atoms with Crippen LogP contribution in [0.4, 0.5) is 8.78 Å². The van der Waals surface area contributed by atoms with Crippen molar-refractivity contribution in [3.05, 3.63) is 35.4 Å². The number of benzene rings is 1. The molecule has 1 saturated heterocycles. The van der Waals surface area contributed by atoms with Crippen molar-refractivity contribution < 1.29 is 28.2 Å². The molecule has 0 radical (unpaired) electrons. The zero-order valence-corrected chi connectivity index (χ0v) is 10.5. The van der Waals surface area contributed by atoms with Crippen molar-refractivity contribution in [2.45, 2.75) is 18.4 Å². The lowest BCUT2D eigenvalue weighted by Gasteiger charge is -2.27. The summed E-state index contributed by atoms with van der Waals surface area (Å²) in [5, 5.41) is 11.4. The topological polar surface area (TPSA) is 75.6 Å². The first-order valence-corrected chi connectivity index (χ1v) is 5.98. The van der Waals surface area contributed by atoms with E-state index in [9.17, 15) is 18.4 Å². The smallest absolute Gasteiger partial charge is 0.305 e. The van der Waals surface area contributed by atoms with Gasteiger partial charge in [0.25, 0.3) is 5.91 Å². The molecule has 0 saturated carbocycles. The van der Waals surface area contributed by atoms with Gasteiger partial charge in [-0.25, -0.2) is 8.78 Å². The quantitative estimate of drug-likeness (QED) is 0.875. The van der Waals surface area contributed by atoms with Gasteiger partial charge >= 0.3 is 5.97 Å². The van der Waals surface area contributed by atoms with Gasteiger partial charge in [0, 0.05) is 18.2 Å². The Kier molecular flexibility index (Phi) is 3.99. The monoisotopic (exact) mass is 285 g/mol. The Morgan fingerprint density at radius 3 is 2.45 bits per heavy atom. The van der Waals surface area contributed by atoms with E-state index in [0.29, 0.717) is 19.1 Å². The molecular formula is C13H13F2NO4. The Morgan fingerprint density at radius 2 is 1.95 bits per heavy atom. The Balaban J connectivity index is 2.18. The molecule has 0 aliphatic carbocycles. The van der Waals surface area contributed by atoms with Crippen molar-refractivity contribution in [3.63, 3.8) is 0 Å². The molecule has 1 unspecified atom stereocenters. The molecule has 0 aromatic heterocycles. The van der Waals surface area contributed by atoms with Gasteiger partial charge in [-0.3, -0.25) is 9.59 Å². The predicted molar refractivity (Wildman–Crippen MR) is 64.2 cm³/mol. The fourth-order valence-electron chi connectivity index (χ4n) is 2.18. The van der Waals surface area contributed by atoms with Gasteiger partial charge in [0.1, 0.15) is 11.6 Å². The van der Waals surface area contributed by atoms with Gasteiger partial charge in [0.2, 0.25) is 0 Å². The van der Waals surface area contributed by atoms with Crippen LogP contribution in [-0.4, -0.2) is 35.7 Å². The van der Waals surface area contributed by atoms with E-state index in [-0.39, 0.29) is 18.6 Å². The highest BCUT2D eigenvalue weighted by atomic mass is 19.1. The Bertz CT molecular complexity index is 521. The van der Waals surface area contributed by atoms with Gasteiger partial charge in [-0.15, -0.1) is 0 Å². The minimum atomic E-state index is -1.08. The Labute approximate surface area is 113 Å². The van der Waals surface area contributed by atoms with E-state index in [0.717, 1.165) is 12.1 Å². The molecule has 20 heavy (non-hydrogen) atoms. The summed E-state index contributed by atoms with van der Waals surface area (Å²) in [5.74, 6) is -3.55. The maximum atomic E-state index is 13.1. The average Bonchev–Trinajstić information content (AvgIpc) is 2.74. The lowest BCUT2D eigenvalue weighted by Crippen LogP contribution is -2.50. The summed E-state index contributed by atoms with van der Waals surface area (Å²) in [6, 6.07) is 2.44. The van der Waals surface area contributed by atoms with E-state index in [4.69, 9.17) is 9.84 Å². The molecule has 0 spiro atoms. The number of carbonyl (C=O) groups excluding carboxylic acids is 1. The van der Waals surface area contributed by atoms with E-state index in [1.165, 1.54) is 0 Å². The number of halogens is 2. The number of hydrogen-bond acceptors (Lipinski definition) is 3. The summed E-state index contributed by atoms with van der Waals surface area (Å²) < 4.78 is 31.3. The highest BCUT2D eigenvalue weighted by Crippen LogP contribution is 2.23. The minimum Gasteiger partial charge on any atom is -0.481 e. The molecule has 1 aliphatic heterocycles. The van der Waals surface area contributed by atoms with Crippen LogP contribution in [0.5, 0.6) is 0 Å². The highest BCUT2D eigenvalue weighted by molar-refractivity contribution is 5.95. The Morgan fingerprint density at radius 1 is 1.30 bits per heavy atom. The van der Waals surface area contributed by atoms with E-state index in [1.807, 2.05) is 0 Å². The van der Waals surface area contributed by atoms with Crippen LogP contribution in [-0.2, 0) is 9.53 Å². The molecule has 1 aromatic rings. The molecule has 7 heteroatoms. The van der Waals surface area contributed by atoms with Crippen LogP contribution >= 0.6 is 0 Å². The van der Waals surface area contributed by atoms with Crippen LogP contribution in [0.3, 0.4) is 0 Å². The zero-order chi connectivity index (χ0) is 14.8. The summed E-state index contributed by atoms with van der Waals surface area (Å²) in [7, 11) is 0. The van der Waals surface area contributed by atoms with Crippen molar-refractivity contribution in [3.8, 4) is 0 Å². The molecule has 1 aromatic carbocycles. The highest BCUT2D eigenvalue weighted by Gasteiger charge is 2.38. The zero-order valence-electron chi connectivity index (χ0n) is 10.5. The van der Waals surface area contributed by atoms with Crippen molar-refractivity contribution in [1.82, 2.24) is 5.32 Å². The van der Waals surface area contributed by atoms with Crippen molar-refractivity contribution in [2.24, 2.45) is 0 Å². The Hall–Kier alpha value is -2.02. The largest absolute Gasteiger partial charge is 0.481 e. The molecule has 1 aliphatic rings. The first-order chi connectivity index (χ1) is 9.40. The molecule has 2 rings (SSSR count). The van der Waals surface area contributed by atoms with E-state index < -0.39 is 29.0 Å². The SMILES string of the molecule is O=C(O)CC1(NC(=O)c2cc(F)cc(F)c2)CCOC1. The van der Waals surface area contributed by atoms with Crippen LogP contribution in [0.15, 0.2) is 18.2 Å². The molecule has 5 nitrogen and oxygen atoms in total. The lowest BCUT2D eigenvalue weighted by molar-refractivity contribution is -0.138. The van der Waals surface area contributed by atoms with Gasteiger partial charge < -0.3 is 15.2 Å². The standard InChI is InChI=1S/C13H13F2NO4/c14-9-3-8(4-10(15)5-9)12(19)16-13(6-11(17)18)1-2-20-7-13/h3-5H,1-2,6-7H2,(H,16,19)(H,17,18). The third-order valence-electron chi connectivity index (χ3n) is 3.10. The second-order valence-electron chi connectivity index (χ2n) is 4.77. The van der Waals surface area contributed by atoms with Crippen LogP contribution < -0.4 is 5.32 Å². The van der Waals surface area contributed by atoms with Crippen LogP contribution in [0.1, 0.15) is 23.2 Å². The summed E-state index contributed by atoms with van der Waals surface area (Å²) in [6.07, 6.45) is 0.0272. The summed E-state index contributed by atoms with van der Waals surface area (Å²) in [5.41, 5.74) is -1.23. The van der Waals surface area contributed by atoms with Gasteiger partial charge in [0.15, 0.2) is 0 Å². The molecule has 1 amide bonds. The number of ether oxygens (including phenoxy) is 1. The fourth-order valence-corrected chi connectivity index (χ4v) is 2.18.